The number of azide groups is 1. The number of amides is 3. The first-order valence-electron chi connectivity index (χ1n) is 12.4. The smallest absolute Gasteiger partial charge is 0.334 e. The molecule has 0 aliphatic carbocycles. The molecule has 194 valence electrons. The van der Waals surface area contributed by atoms with Crippen LogP contribution in [0.3, 0.4) is 0 Å². The summed E-state index contributed by atoms with van der Waals surface area (Å²) in [6.07, 6.45) is 5.17. The van der Waals surface area contributed by atoms with Crippen LogP contribution in [0.1, 0.15) is 18.1 Å². The number of terminal acetylenes is 1. The number of urea groups is 1. The highest BCUT2D eigenvalue weighted by molar-refractivity contribution is 5.85. The largest absolute Gasteiger partial charge is 0.396 e. The van der Waals surface area contributed by atoms with E-state index in [1.54, 1.807) is 14.9 Å². The lowest BCUT2D eigenvalue weighted by Gasteiger charge is -2.55. The molecule has 0 radical (unpaired) electrons. The van der Waals surface area contributed by atoms with E-state index in [9.17, 15) is 9.59 Å². The summed E-state index contributed by atoms with van der Waals surface area (Å²) in [5, 5.41) is 9.72. The number of nitrogens with one attached hydrogen (secondary N) is 1. The van der Waals surface area contributed by atoms with E-state index in [2.05, 4.69) is 21.4 Å². The van der Waals surface area contributed by atoms with Crippen LogP contribution in [0.5, 0.6) is 0 Å². The summed E-state index contributed by atoms with van der Waals surface area (Å²) < 4.78 is 0. The average Bonchev–Trinajstić information content (AvgIpc) is 3.21. The highest BCUT2D eigenvalue weighted by Crippen LogP contribution is 2.44. The van der Waals surface area contributed by atoms with Crippen molar-refractivity contribution in [3.05, 3.63) is 93.7 Å². The van der Waals surface area contributed by atoms with Crippen molar-refractivity contribution in [3.8, 4) is 12.3 Å². The van der Waals surface area contributed by atoms with Crippen LogP contribution in [0.2, 0.25) is 0 Å². The summed E-state index contributed by atoms with van der Waals surface area (Å²) in [6.45, 7) is 3.24. The molecule has 11 heteroatoms. The zero-order valence-electron chi connectivity index (χ0n) is 21.0. The van der Waals surface area contributed by atoms with Gasteiger partial charge in [-0.2, -0.15) is 5.01 Å². The van der Waals surface area contributed by atoms with Crippen molar-refractivity contribution in [1.82, 2.24) is 25.1 Å². The number of carbonyl (C=O) groups is 2. The Balaban J connectivity index is 1.51. The van der Waals surface area contributed by atoms with E-state index in [1.807, 2.05) is 72.5 Å². The molecule has 11 nitrogen and oxygen atoms in total. The van der Waals surface area contributed by atoms with E-state index in [-0.39, 0.29) is 31.6 Å². The molecular weight excluding hydrogens is 484 g/mol. The Morgan fingerprint density at radius 1 is 1.18 bits per heavy atom. The van der Waals surface area contributed by atoms with E-state index in [4.69, 9.17) is 16.8 Å². The number of rotatable bonds is 7. The molecule has 0 saturated carbocycles. The number of benzene rings is 2. The topological polar surface area (TPSA) is 117 Å². The number of carbonyl (C=O) groups excluding carboxylic acids is 2. The van der Waals surface area contributed by atoms with Crippen molar-refractivity contribution in [2.24, 2.45) is 11.2 Å². The molecule has 5 rings (SSSR count). The van der Waals surface area contributed by atoms with E-state index >= 15 is 0 Å². The Morgan fingerprint density at radius 3 is 2.53 bits per heavy atom. The maximum absolute atomic E-state index is 13.8. The highest BCUT2D eigenvalue weighted by atomic mass is 16.6. The molecule has 2 saturated heterocycles. The van der Waals surface area contributed by atoms with Gasteiger partial charge in [0.25, 0.3) is 0 Å². The number of hydrazine groups is 1. The van der Waals surface area contributed by atoms with Crippen LogP contribution in [0.4, 0.5) is 4.79 Å². The average molecular weight is 513 g/mol. The molecule has 2 aromatic carbocycles. The van der Waals surface area contributed by atoms with Crippen LogP contribution in [-0.4, -0.2) is 63.6 Å². The number of nitrogens with zero attached hydrogens (tertiary/aromatic N) is 7. The van der Waals surface area contributed by atoms with Gasteiger partial charge in [0.15, 0.2) is 0 Å². The zero-order valence-corrected chi connectivity index (χ0v) is 21.0. The van der Waals surface area contributed by atoms with Crippen molar-refractivity contribution in [3.63, 3.8) is 0 Å². The fraction of sp³-hybridized carbons (Fsp3) is 0.333. The molecular formula is C27H28N8O3. The molecule has 3 amide bonds. The summed E-state index contributed by atoms with van der Waals surface area (Å²) in [6, 6.07) is 18.4. The third-order valence-corrected chi connectivity index (χ3v) is 7.13. The van der Waals surface area contributed by atoms with Crippen molar-refractivity contribution >= 4 is 11.9 Å². The van der Waals surface area contributed by atoms with Crippen LogP contribution in [0.15, 0.2) is 77.4 Å². The third-order valence-electron chi connectivity index (χ3n) is 7.13. The van der Waals surface area contributed by atoms with Crippen molar-refractivity contribution < 1.29 is 14.4 Å². The molecule has 2 fully saturated rings. The Hall–Kier alpha value is -4.65. The maximum Gasteiger partial charge on any atom is 0.334 e. The fourth-order valence-electron chi connectivity index (χ4n) is 5.49. The van der Waals surface area contributed by atoms with Gasteiger partial charge in [-0.15, -0.1) is 6.42 Å². The van der Waals surface area contributed by atoms with Crippen molar-refractivity contribution in [2.45, 2.75) is 32.2 Å². The van der Waals surface area contributed by atoms with Gasteiger partial charge in [0, 0.05) is 23.9 Å². The molecule has 38 heavy (non-hydrogen) atoms. The molecule has 1 N–H and O–H groups in total. The first-order valence-corrected chi connectivity index (χ1v) is 12.4. The molecule has 0 spiro atoms. The lowest BCUT2D eigenvalue weighted by molar-refractivity contribution is -0.166. The molecule has 2 unspecified atom stereocenters. The van der Waals surface area contributed by atoms with Gasteiger partial charge in [-0.3, -0.25) is 4.79 Å². The predicted octanol–water partition coefficient (Wildman–Crippen LogP) is 3.20. The van der Waals surface area contributed by atoms with E-state index in [0.717, 1.165) is 11.1 Å². The summed E-state index contributed by atoms with van der Waals surface area (Å²) in [5.74, 6) is 2.58. The highest BCUT2D eigenvalue weighted by Gasteiger charge is 2.57. The van der Waals surface area contributed by atoms with Gasteiger partial charge in [0.05, 0.1) is 25.3 Å². The maximum atomic E-state index is 13.8. The minimum absolute atomic E-state index is 0.0790. The standard InChI is InChI=1S/C27H28N8O3/c1-3-14-33-17-22-25(38-31-30-28)19(2)24-26(36)32(16-21-12-8-5-9-13-21)18-23(34(22)24)35(33)27(37)29-15-20-10-6-4-7-11-20/h1,4-13,19,23-24H,14-18H2,2H3,(H,29,37)/t19?,23?,24-/m0/s1. The van der Waals surface area contributed by atoms with Gasteiger partial charge < -0.3 is 20.0 Å². The quantitative estimate of drug-likeness (QED) is 0.201. The van der Waals surface area contributed by atoms with Gasteiger partial charge in [0.2, 0.25) is 5.91 Å². The minimum atomic E-state index is -0.617. The summed E-state index contributed by atoms with van der Waals surface area (Å²) in [4.78, 5) is 39.4. The number of hydrogen-bond acceptors (Lipinski definition) is 6. The number of piperazine rings is 1. The van der Waals surface area contributed by atoms with Crippen LogP contribution in [-0.2, 0) is 22.7 Å². The van der Waals surface area contributed by atoms with Gasteiger partial charge in [-0.25, -0.2) is 9.80 Å². The van der Waals surface area contributed by atoms with Crippen LogP contribution < -0.4 is 5.32 Å². The molecule has 2 aromatic rings. The summed E-state index contributed by atoms with van der Waals surface area (Å²) in [7, 11) is 0. The van der Waals surface area contributed by atoms with E-state index in [1.165, 1.54) is 0 Å². The van der Waals surface area contributed by atoms with Crippen LogP contribution in [0.25, 0.3) is 10.4 Å². The van der Waals surface area contributed by atoms with Crippen LogP contribution >= 0.6 is 0 Å². The monoisotopic (exact) mass is 512 g/mol. The van der Waals surface area contributed by atoms with Crippen LogP contribution in [0, 0.1) is 18.3 Å². The number of hydrogen-bond donors (Lipinski definition) is 1. The molecule has 3 atom stereocenters. The SMILES string of the molecule is C#CCN1CC2=C(ON=[N+]=[N-])C(C)[C@H]3C(=O)N(Cc4ccccc4)CC(N23)N1C(=O)NCc1ccccc1. The Morgan fingerprint density at radius 2 is 1.87 bits per heavy atom. The van der Waals surface area contributed by atoms with Gasteiger partial charge in [-0.05, 0) is 16.7 Å². The summed E-state index contributed by atoms with van der Waals surface area (Å²) in [5.41, 5.74) is 11.5. The normalized spacial score (nSPS) is 22.5. The van der Waals surface area contributed by atoms with Crippen molar-refractivity contribution in [1.29, 1.82) is 0 Å². The summed E-state index contributed by atoms with van der Waals surface area (Å²) >= 11 is 0. The van der Waals surface area contributed by atoms with E-state index in [0.29, 0.717) is 24.5 Å². The lowest BCUT2D eigenvalue weighted by atomic mass is 9.98. The molecule has 3 aliphatic rings. The Kier molecular flexibility index (Phi) is 7.09. The Bertz CT molecular complexity index is 1320. The first-order chi connectivity index (χ1) is 18.5. The second-order valence-corrected chi connectivity index (χ2v) is 9.41. The van der Waals surface area contributed by atoms with Crippen molar-refractivity contribution in [2.75, 3.05) is 19.6 Å². The van der Waals surface area contributed by atoms with E-state index < -0.39 is 18.1 Å². The lowest BCUT2D eigenvalue weighted by Crippen LogP contribution is -2.73. The molecule has 0 aromatic heterocycles. The predicted molar refractivity (Wildman–Crippen MR) is 139 cm³/mol. The fourth-order valence-corrected chi connectivity index (χ4v) is 5.49. The van der Waals surface area contributed by atoms with Gasteiger partial charge in [0.1, 0.15) is 23.2 Å². The second-order valence-electron chi connectivity index (χ2n) is 9.41. The molecule has 3 aliphatic heterocycles. The van der Waals surface area contributed by atoms with Gasteiger partial charge in [-0.1, -0.05) is 73.5 Å². The molecule has 3 heterocycles. The first kappa shape index (κ1) is 25.0. The minimum Gasteiger partial charge on any atom is -0.396 e. The Labute approximate surface area is 220 Å². The second kappa shape index (κ2) is 10.8. The third kappa shape index (κ3) is 4.59. The molecule has 0 bridgehead atoms. The zero-order chi connectivity index (χ0) is 26.6. The van der Waals surface area contributed by atoms with Gasteiger partial charge >= 0.3 is 6.03 Å².